The molecular formula is C9H19NO2S. The number of hydrogen-bond acceptors (Lipinski definition) is 4. The fourth-order valence-corrected chi connectivity index (χ4v) is 1.22. The Bertz CT molecular complexity index is 162. The highest BCUT2D eigenvalue weighted by Gasteiger charge is 2.16. The van der Waals surface area contributed by atoms with Gasteiger partial charge < -0.3 is 10.5 Å². The van der Waals surface area contributed by atoms with Crippen molar-refractivity contribution in [1.82, 2.24) is 0 Å². The van der Waals surface area contributed by atoms with Crippen LogP contribution in [-0.4, -0.2) is 23.9 Å². The van der Waals surface area contributed by atoms with Crippen LogP contribution in [0.25, 0.3) is 0 Å². The lowest BCUT2D eigenvalue weighted by atomic mass is 10.1. The van der Waals surface area contributed by atoms with Gasteiger partial charge in [-0.2, -0.15) is 12.6 Å². The van der Waals surface area contributed by atoms with Crippen molar-refractivity contribution < 1.29 is 9.53 Å². The topological polar surface area (TPSA) is 52.3 Å². The first-order valence-electron chi connectivity index (χ1n) is 4.54. The third-order valence-corrected chi connectivity index (χ3v) is 2.01. The number of thiol groups is 1. The molecule has 0 bridgehead atoms. The molecule has 0 aliphatic rings. The Morgan fingerprint density at radius 2 is 2.00 bits per heavy atom. The summed E-state index contributed by atoms with van der Waals surface area (Å²) < 4.78 is 5.10. The first kappa shape index (κ1) is 12.8. The van der Waals surface area contributed by atoms with Crippen molar-refractivity contribution in [2.45, 2.75) is 39.3 Å². The molecule has 0 aliphatic heterocycles. The predicted octanol–water partition coefficient (Wildman–Crippen LogP) is 1.22. The normalized spacial score (nSPS) is 15.5. The molecule has 0 fully saturated rings. The van der Waals surface area contributed by atoms with Gasteiger partial charge in [0.15, 0.2) is 0 Å². The van der Waals surface area contributed by atoms with Crippen LogP contribution in [0.15, 0.2) is 0 Å². The van der Waals surface area contributed by atoms with Gasteiger partial charge in [0.05, 0.1) is 6.10 Å². The maximum absolute atomic E-state index is 11.2. The van der Waals surface area contributed by atoms with Crippen LogP contribution in [0.3, 0.4) is 0 Å². The number of ether oxygens (including phenoxy) is 1. The second-order valence-corrected chi connectivity index (χ2v) is 4.03. The summed E-state index contributed by atoms with van der Waals surface area (Å²) in [5.74, 6) is 0.492. The van der Waals surface area contributed by atoms with Crippen molar-refractivity contribution >= 4 is 18.6 Å². The van der Waals surface area contributed by atoms with Crippen molar-refractivity contribution in [3.05, 3.63) is 0 Å². The Kier molecular flexibility index (Phi) is 6.16. The van der Waals surface area contributed by atoms with Gasteiger partial charge in [-0.25, -0.2) is 0 Å². The summed E-state index contributed by atoms with van der Waals surface area (Å²) in [6.45, 7) is 6.05. The summed E-state index contributed by atoms with van der Waals surface area (Å²) in [5, 5.41) is 0. The number of carbonyl (C=O) groups is 1. The van der Waals surface area contributed by atoms with Gasteiger partial charge in [0.25, 0.3) is 0 Å². The molecule has 0 heterocycles. The number of rotatable bonds is 5. The summed E-state index contributed by atoms with van der Waals surface area (Å²) in [7, 11) is 0. The predicted molar refractivity (Wildman–Crippen MR) is 56.8 cm³/mol. The highest BCUT2D eigenvalue weighted by atomic mass is 32.1. The Labute approximate surface area is 85.4 Å². The molecule has 0 aliphatic carbocycles. The lowest BCUT2D eigenvalue weighted by Crippen LogP contribution is -2.36. The molecule has 0 aromatic heterocycles. The molecule has 0 saturated heterocycles. The highest BCUT2D eigenvalue weighted by Crippen LogP contribution is 2.08. The van der Waals surface area contributed by atoms with Crippen LogP contribution in [0.5, 0.6) is 0 Å². The molecule has 78 valence electrons. The fourth-order valence-electron chi connectivity index (χ4n) is 1.07. The monoisotopic (exact) mass is 205 g/mol. The molecule has 0 unspecified atom stereocenters. The van der Waals surface area contributed by atoms with E-state index in [1.165, 1.54) is 0 Å². The first-order valence-corrected chi connectivity index (χ1v) is 5.17. The van der Waals surface area contributed by atoms with E-state index in [-0.39, 0.29) is 12.1 Å². The Balaban J connectivity index is 3.77. The second kappa shape index (κ2) is 6.27. The van der Waals surface area contributed by atoms with Gasteiger partial charge in [-0.05, 0) is 19.3 Å². The standard InChI is InChI=1S/C9H19NO2S/c1-6(2)4-7(3)12-9(11)8(10)5-13/h6-8,13H,4-5,10H2,1-3H3/t7-,8-/m0/s1. The molecule has 0 aromatic rings. The van der Waals surface area contributed by atoms with Crippen molar-refractivity contribution in [1.29, 1.82) is 0 Å². The minimum Gasteiger partial charge on any atom is -0.461 e. The van der Waals surface area contributed by atoms with Gasteiger partial charge in [-0.15, -0.1) is 0 Å². The quantitative estimate of drug-likeness (QED) is 0.524. The summed E-state index contributed by atoms with van der Waals surface area (Å²) in [5.41, 5.74) is 5.44. The first-order chi connectivity index (χ1) is 5.97. The maximum atomic E-state index is 11.2. The molecule has 0 amide bonds. The van der Waals surface area contributed by atoms with Crippen molar-refractivity contribution in [3.8, 4) is 0 Å². The Hall–Kier alpha value is -0.220. The Morgan fingerprint density at radius 3 is 2.38 bits per heavy atom. The van der Waals surface area contributed by atoms with Gasteiger partial charge in [0, 0.05) is 5.75 Å². The molecule has 0 saturated carbocycles. The Morgan fingerprint density at radius 1 is 1.46 bits per heavy atom. The summed E-state index contributed by atoms with van der Waals surface area (Å²) in [6.07, 6.45) is 0.809. The zero-order valence-electron chi connectivity index (χ0n) is 8.49. The van der Waals surface area contributed by atoms with Gasteiger partial charge in [-0.3, -0.25) is 4.79 Å². The van der Waals surface area contributed by atoms with Crippen LogP contribution >= 0.6 is 12.6 Å². The SMILES string of the molecule is CC(C)C[C@H](C)OC(=O)[C@@H](N)CS. The number of carbonyl (C=O) groups excluding carboxylic acids is 1. The third-order valence-electron chi connectivity index (χ3n) is 1.62. The number of esters is 1. The van der Waals surface area contributed by atoms with E-state index in [0.29, 0.717) is 11.7 Å². The third kappa shape index (κ3) is 5.93. The van der Waals surface area contributed by atoms with E-state index in [1.807, 2.05) is 6.92 Å². The summed E-state index contributed by atoms with van der Waals surface area (Å²) in [4.78, 5) is 11.2. The van der Waals surface area contributed by atoms with Crippen LogP contribution in [0.2, 0.25) is 0 Å². The molecule has 2 atom stereocenters. The minimum atomic E-state index is -0.599. The van der Waals surface area contributed by atoms with Gasteiger partial charge in [0.1, 0.15) is 6.04 Å². The lowest BCUT2D eigenvalue weighted by molar-refractivity contribution is -0.149. The molecule has 3 nitrogen and oxygen atoms in total. The lowest BCUT2D eigenvalue weighted by Gasteiger charge is -2.17. The van der Waals surface area contributed by atoms with E-state index in [2.05, 4.69) is 26.5 Å². The number of hydrogen-bond donors (Lipinski definition) is 2. The van der Waals surface area contributed by atoms with Crippen LogP contribution in [-0.2, 0) is 9.53 Å². The molecule has 0 aromatic carbocycles. The zero-order valence-corrected chi connectivity index (χ0v) is 9.38. The maximum Gasteiger partial charge on any atom is 0.324 e. The van der Waals surface area contributed by atoms with E-state index < -0.39 is 6.04 Å². The number of nitrogens with two attached hydrogens (primary N) is 1. The van der Waals surface area contributed by atoms with E-state index >= 15 is 0 Å². The van der Waals surface area contributed by atoms with E-state index in [9.17, 15) is 4.79 Å². The molecule has 13 heavy (non-hydrogen) atoms. The minimum absolute atomic E-state index is 0.0570. The van der Waals surface area contributed by atoms with Crippen molar-refractivity contribution in [2.24, 2.45) is 11.7 Å². The van der Waals surface area contributed by atoms with E-state index in [1.54, 1.807) is 0 Å². The van der Waals surface area contributed by atoms with Gasteiger partial charge >= 0.3 is 5.97 Å². The van der Waals surface area contributed by atoms with Crippen LogP contribution < -0.4 is 5.73 Å². The zero-order chi connectivity index (χ0) is 10.4. The van der Waals surface area contributed by atoms with E-state index in [0.717, 1.165) is 6.42 Å². The highest BCUT2D eigenvalue weighted by molar-refractivity contribution is 7.80. The van der Waals surface area contributed by atoms with Crippen molar-refractivity contribution in [3.63, 3.8) is 0 Å². The molecule has 2 N–H and O–H groups in total. The smallest absolute Gasteiger partial charge is 0.324 e. The van der Waals surface area contributed by atoms with Crippen molar-refractivity contribution in [2.75, 3.05) is 5.75 Å². The van der Waals surface area contributed by atoms with Crippen LogP contribution in [0.4, 0.5) is 0 Å². The van der Waals surface area contributed by atoms with E-state index in [4.69, 9.17) is 10.5 Å². The summed E-state index contributed by atoms with van der Waals surface area (Å²) in [6, 6.07) is -0.599. The van der Waals surface area contributed by atoms with Gasteiger partial charge in [-0.1, -0.05) is 13.8 Å². The summed E-state index contributed by atoms with van der Waals surface area (Å²) >= 11 is 3.92. The van der Waals surface area contributed by atoms with Gasteiger partial charge in [0.2, 0.25) is 0 Å². The van der Waals surface area contributed by atoms with Crippen LogP contribution in [0.1, 0.15) is 27.2 Å². The average Bonchev–Trinajstić information content (AvgIpc) is 2.01. The molecule has 0 rings (SSSR count). The largest absolute Gasteiger partial charge is 0.461 e. The molecule has 0 spiro atoms. The molecule has 0 radical (unpaired) electrons. The van der Waals surface area contributed by atoms with Crippen LogP contribution in [0, 0.1) is 5.92 Å². The fraction of sp³-hybridized carbons (Fsp3) is 0.889. The molecular weight excluding hydrogens is 186 g/mol. The molecule has 4 heteroatoms. The average molecular weight is 205 g/mol. The second-order valence-electron chi connectivity index (χ2n) is 3.67.